The number of ether oxygens (including phenoxy) is 1. The van der Waals surface area contributed by atoms with E-state index in [1.165, 1.54) is 5.32 Å². The molecule has 0 saturated heterocycles. The van der Waals surface area contributed by atoms with Crippen molar-refractivity contribution in [2.45, 2.75) is 44.1 Å². The highest BCUT2D eigenvalue weighted by molar-refractivity contribution is 6.31. The van der Waals surface area contributed by atoms with Crippen molar-refractivity contribution >= 4 is 17.7 Å². The Balaban J connectivity index is 0.000000671. The van der Waals surface area contributed by atoms with Gasteiger partial charge < -0.3 is 15.2 Å². The molecule has 0 bridgehead atoms. The maximum atomic E-state index is 13.7. The van der Waals surface area contributed by atoms with Gasteiger partial charge in [-0.15, -0.1) is 0 Å². The van der Waals surface area contributed by atoms with Gasteiger partial charge in [0.2, 0.25) is 11.6 Å². The van der Waals surface area contributed by atoms with Gasteiger partial charge in [0.05, 0.1) is 17.3 Å². The number of nitrogens with one attached hydrogen (secondary N) is 1. The first kappa shape index (κ1) is 33.0. The zero-order valence-electron chi connectivity index (χ0n) is 18.8. The van der Waals surface area contributed by atoms with Gasteiger partial charge in [-0.2, -0.15) is 40.2 Å². The van der Waals surface area contributed by atoms with Gasteiger partial charge in [-0.25, -0.2) is 22.4 Å². The second-order valence-corrected chi connectivity index (χ2v) is 7.57. The van der Waals surface area contributed by atoms with Crippen LogP contribution in [0.2, 0.25) is 5.02 Å². The SMILES string of the molecule is CCc1nn(C)cc1Cl.O=C(O)NCc1c(F)c(F)c(OCC(F)(F)C(F)(F)C(F)(F)C(F)F)c(F)c1F. The summed E-state index contributed by atoms with van der Waals surface area (Å²) in [6, 6.07) is 0. The Labute approximate surface area is 210 Å². The van der Waals surface area contributed by atoms with Gasteiger partial charge in [0.15, 0.2) is 24.0 Å². The van der Waals surface area contributed by atoms with E-state index >= 15 is 0 Å². The summed E-state index contributed by atoms with van der Waals surface area (Å²) in [7, 11) is 1.87. The number of rotatable bonds is 9. The lowest BCUT2D eigenvalue weighted by Gasteiger charge is -2.32. The lowest BCUT2D eigenvalue weighted by Crippen LogP contribution is -2.59. The number of carbonyl (C=O) groups is 1. The molecule has 216 valence electrons. The lowest BCUT2D eigenvalue weighted by atomic mass is 10.1. The molecule has 0 saturated carbocycles. The van der Waals surface area contributed by atoms with Crippen LogP contribution in [0, 0.1) is 23.3 Å². The molecule has 0 unspecified atom stereocenters. The van der Waals surface area contributed by atoms with Crippen LogP contribution in [-0.2, 0) is 20.0 Å². The number of hydrogen-bond donors (Lipinski definition) is 2. The molecule has 0 aliphatic heterocycles. The van der Waals surface area contributed by atoms with Gasteiger partial charge in [0, 0.05) is 18.8 Å². The van der Waals surface area contributed by atoms with Crippen molar-refractivity contribution in [3.63, 3.8) is 0 Å². The standard InChI is InChI=1S/C13H7F12NO3.C6H9ClN2/c14-4-3(1-26-10(27)28)5(15)7(17)8(6(4)16)29-2-11(20,21)13(24,25)12(22,23)9(18)19;1-3-6-5(7)4-9(2)8-6/h9,26H,1-2H2,(H,27,28);4H,3H2,1-2H3. The molecule has 6 nitrogen and oxygen atoms in total. The summed E-state index contributed by atoms with van der Waals surface area (Å²) in [6.45, 7) is -2.41. The van der Waals surface area contributed by atoms with Gasteiger partial charge in [-0.1, -0.05) is 18.5 Å². The van der Waals surface area contributed by atoms with Crippen LogP contribution in [0.4, 0.5) is 57.5 Å². The second-order valence-electron chi connectivity index (χ2n) is 7.16. The third kappa shape index (κ3) is 6.87. The van der Waals surface area contributed by atoms with E-state index in [-0.39, 0.29) is 0 Å². The fourth-order valence-electron chi connectivity index (χ4n) is 2.48. The molecular formula is C19H16ClF12N3O3. The van der Waals surface area contributed by atoms with E-state index in [9.17, 15) is 57.5 Å². The van der Waals surface area contributed by atoms with Crippen LogP contribution in [0.3, 0.4) is 0 Å². The molecule has 0 radical (unpaired) electrons. The Morgan fingerprint density at radius 3 is 1.92 bits per heavy atom. The molecule has 1 aromatic carbocycles. The quantitative estimate of drug-likeness (QED) is 0.267. The number of amides is 1. The monoisotopic (exact) mass is 597 g/mol. The zero-order valence-corrected chi connectivity index (χ0v) is 19.6. The molecule has 0 fully saturated rings. The molecule has 1 amide bonds. The van der Waals surface area contributed by atoms with E-state index in [4.69, 9.17) is 16.7 Å². The van der Waals surface area contributed by atoms with E-state index in [0.717, 1.165) is 17.1 Å². The van der Waals surface area contributed by atoms with Gasteiger partial charge in [-0.05, 0) is 6.42 Å². The first-order valence-corrected chi connectivity index (χ1v) is 10.1. The van der Waals surface area contributed by atoms with Crippen molar-refractivity contribution < 1.29 is 67.3 Å². The third-order valence-electron chi connectivity index (χ3n) is 4.47. The fourth-order valence-corrected chi connectivity index (χ4v) is 2.80. The van der Waals surface area contributed by atoms with Crippen molar-refractivity contribution in [1.29, 1.82) is 0 Å². The number of carboxylic acid groups (broad SMARTS) is 1. The van der Waals surface area contributed by atoms with Crippen LogP contribution in [0.15, 0.2) is 6.20 Å². The van der Waals surface area contributed by atoms with Crippen LogP contribution in [-0.4, -0.2) is 51.8 Å². The number of benzene rings is 1. The molecule has 2 aromatic rings. The van der Waals surface area contributed by atoms with Crippen LogP contribution < -0.4 is 10.1 Å². The summed E-state index contributed by atoms with van der Waals surface area (Å²) in [5, 5.41) is 14.5. The number of nitrogens with zero attached hydrogens (tertiary/aromatic N) is 2. The van der Waals surface area contributed by atoms with Crippen molar-refractivity contribution in [2.75, 3.05) is 6.61 Å². The fraction of sp³-hybridized carbons (Fsp3) is 0.474. The molecule has 0 aliphatic rings. The summed E-state index contributed by atoms with van der Waals surface area (Å²) in [4.78, 5) is 10.2. The predicted octanol–water partition coefficient (Wildman–Crippen LogP) is 6.20. The summed E-state index contributed by atoms with van der Waals surface area (Å²) >= 11 is 5.76. The number of hydrogen-bond acceptors (Lipinski definition) is 3. The maximum absolute atomic E-state index is 13.7. The Hall–Kier alpha value is -3.05. The summed E-state index contributed by atoms with van der Waals surface area (Å²) in [5.41, 5.74) is -0.629. The van der Waals surface area contributed by atoms with Crippen LogP contribution in [0.5, 0.6) is 5.75 Å². The lowest BCUT2D eigenvalue weighted by molar-refractivity contribution is -0.342. The van der Waals surface area contributed by atoms with Gasteiger partial charge in [0.25, 0.3) is 0 Å². The zero-order chi connectivity index (χ0) is 29.8. The molecule has 2 N–H and O–H groups in total. The van der Waals surface area contributed by atoms with Crippen molar-refractivity contribution in [3.05, 3.63) is 45.7 Å². The maximum Gasteiger partial charge on any atom is 0.404 e. The van der Waals surface area contributed by atoms with E-state index < -0.39 is 78.0 Å². The Morgan fingerprint density at radius 1 is 1.08 bits per heavy atom. The predicted molar refractivity (Wildman–Crippen MR) is 105 cm³/mol. The highest BCUT2D eigenvalue weighted by Crippen LogP contribution is 2.48. The van der Waals surface area contributed by atoms with E-state index in [1.807, 2.05) is 14.0 Å². The molecule has 1 aromatic heterocycles. The summed E-state index contributed by atoms with van der Waals surface area (Å²) in [6.07, 6.45) is -4.46. The number of aromatic nitrogens is 2. The number of aryl methyl sites for hydroxylation is 2. The van der Waals surface area contributed by atoms with Gasteiger partial charge >= 0.3 is 30.3 Å². The average molecular weight is 598 g/mol. The summed E-state index contributed by atoms with van der Waals surface area (Å²) < 4.78 is 162. The smallest absolute Gasteiger partial charge is 0.404 e. The van der Waals surface area contributed by atoms with Crippen molar-refractivity contribution in [2.24, 2.45) is 7.05 Å². The normalized spacial score (nSPS) is 12.3. The minimum absolute atomic E-state index is 0.764. The average Bonchev–Trinajstić information content (AvgIpc) is 3.14. The molecular weight excluding hydrogens is 582 g/mol. The number of alkyl halides is 8. The Kier molecular flexibility index (Phi) is 10.6. The largest absolute Gasteiger partial charge is 0.481 e. The molecule has 0 atom stereocenters. The van der Waals surface area contributed by atoms with Crippen molar-refractivity contribution in [3.8, 4) is 5.75 Å². The molecule has 0 spiro atoms. The van der Waals surface area contributed by atoms with Crippen LogP contribution in [0.25, 0.3) is 0 Å². The molecule has 19 heteroatoms. The van der Waals surface area contributed by atoms with Crippen molar-refractivity contribution in [1.82, 2.24) is 15.1 Å². The Bertz CT molecular complexity index is 1110. The molecule has 38 heavy (non-hydrogen) atoms. The highest BCUT2D eigenvalue weighted by Gasteiger charge is 2.75. The molecule has 0 aliphatic carbocycles. The van der Waals surface area contributed by atoms with E-state index in [2.05, 4.69) is 9.84 Å². The highest BCUT2D eigenvalue weighted by atomic mass is 35.5. The van der Waals surface area contributed by atoms with E-state index in [0.29, 0.717) is 0 Å². The first-order valence-electron chi connectivity index (χ1n) is 9.76. The topological polar surface area (TPSA) is 76.4 Å². The Morgan fingerprint density at radius 2 is 1.58 bits per heavy atom. The van der Waals surface area contributed by atoms with Crippen LogP contribution >= 0.6 is 11.6 Å². The first-order chi connectivity index (χ1) is 17.2. The molecule has 2 rings (SSSR count). The van der Waals surface area contributed by atoms with E-state index in [1.54, 1.807) is 10.9 Å². The minimum atomic E-state index is -6.79. The van der Waals surface area contributed by atoms with Gasteiger partial charge in [-0.3, -0.25) is 4.68 Å². The van der Waals surface area contributed by atoms with Crippen LogP contribution in [0.1, 0.15) is 18.2 Å². The van der Waals surface area contributed by atoms with Gasteiger partial charge in [0.1, 0.15) is 0 Å². The molecule has 1 heterocycles. The second kappa shape index (κ2) is 12.2. The summed E-state index contributed by atoms with van der Waals surface area (Å²) in [5.74, 6) is -31.9. The minimum Gasteiger partial charge on any atom is -0.481 e. The number of halogens is 13. The third-order valence-corrected chi connectivity index (χ3v) is 4.79.